The van der Waals surface area contributed by atoms with Gasteiger partial charge in [-0.05, 0) is 62.8 Å². The fourth-order valence-corrected chi connectivity index (χ4v) is 6.16. The maximum absolute atomic E-state index is 11.8. The van der Waals surface area contributed by atoms with Crippen molar-refractivity contribution in [3.8, 4) is 17.0 Å². The van der Waals surface area contributed by atoms with Crippen LogP contribution in [0.1, 0.15) is 45.1 Å². The van der Waals surface area contributed by atoms with E-state index < -0.39 is 0 Å². The number of ether oxygens (including phenoxy) is 2. The highest BCUT2D eigenvalue weighted by molar-refractivity contribution is 5.88. The number of imidazole rings is 1. The molecule has 0 radical (unpaired) electrons. The summed E-state index contributed by atoms with van der Waals surface area (Å²) in [7, 11) is 0. The number of hydrogen-bond donors (Lipinski definition) is 1. The van der Waals surface area contributed by atoms with Crippen molar-refractivity contribution in [3.05, 3.63) is 36.8 Å². The van der Waals surface area contributed by atoms with Crippen LogP contribution in [-0.4, -0.2) is 59.4 Å². The first-order chi connectivity index (χ1) is 18.1. The molecule has 1 unspecified atom stereocenters. The Morgan fingerprint density at radius 1 is 1.08 bits per heavy atom. The lowest BCUT2D eigenvalue weighted by Gasteiger charge is -2.40. The van der Waals surface area contributed by atoms with Crippen molar-refractivity contribution in [3.63, 3.8) is 0 Å². The quantitative estimate of drug-likeness (QED) is 0.523. The Balaban J connectivity index is 1.13. The van der Waals surface area contributed by atoms with E-state index in [0.717, 1.165) is 66.2 Å². The molecule has 1 amide bonds. The Hall–Kier alpha value is -3.13. The molecule has 0 bridgehead atoms. The van der Waals surface area contributed by atoms with Crippen molar-refractivity contribution in [2.45, 2.75) is 51.2 Å². The molecule has 2 aromatic heterocycles. The van der Waals surface area contributed by atoms with Crippen LogP contribution in [0.3, 0.4) is 0 Å². The summed E-state index contributed by atoms with van der Waals surface area (Å²) in [6.07, 6.45) is 9.21. The average Bonchev–Trinajstić information content (AvgIpc) is 3.48. The zero-order chi connectivity index (χ0) is 24.9. The summed E-state index contributed by atoms with van der Waals surface area (Å²) in [6, 6.07) is 9.05. The SMILES string of the molecule is CC(Oc1cc(-c2ccc(N3CCC(C4COC4)CC3)cn2)cc2ncn(C3CC3)c12)[C@H]1CNC(=O)C1. The van der Waals surface area contributed by atoms with Gasteiger partial charge in [0.05, 0.1) is 42.6 Å². The number of nitrogens with zero attached hydrogens (tertiary/aromatic N) is 4. The number of carbonyl (C=O) groups excluding carboxylic acids is 1. The fraction of sp³-hybridized carbons (Fsp3) is 0.552. The molecule has 194 valence electrons. The van der Waals surface area contributed by atoms with E-state index in [2.05, 4.69) is 46.0 Å². The van der Waals surface area contributed by atoms with Crippen LogP contribution in [0.25, 0.3) is 22.3 Å². The van der Waals surface area contributed by atoms with E-state index in [-0.39, 0.29) is 17.9 Å². The topological polar surface area (TPSA) is 81.5 Å². The number of aromatic nitrogens is 3. The molecular formula is C29H35N5O3. The highest BCUT2D eigenvalue weighted by Crippen LogP contribution is 2.41. The summed E-state index contributed by atoms with van der Waals surface area (Å²) < 4.78 is 14.2. The van der Waals surface area contributed by atoms with Gasteiger partial charge in [0, 0.05) is 49.5 Å². The normalized spacial score (nSPS) is 23.8. The fourth-order valence-electron chi connectivity index (χ4n) is 6.16. The lowest BCUT2D eigenvalue weighted by Crippen LogP contribution is -2.42. The van der Waals surface area contributed by atoms with Gasteiger partial charge in [-0.25, -0.2) is 4.98 Å². The zero-order valence-corrected chi connectivity index (χ0v) is 21.4. The van der Waals surface area contributed by atoms with Gasteiger partial charge in [0.25, 0.3) is 0 Å². The number of benzene rings is 1. The standard InChI is InChI=1S/C29H35N5O3/c1-18(21-12-28(35)31-13-21)37-27-11-20(10-26-29(27)34(17-32-26)23-2-3-23)25-5-4-24(14-30-25)33-8-6-19(7-9-33)22-15-36-16-22/h4-5,10-11,14,17-19,21-23H,2-3,6-9,12-13,15-16H2,1H3,(H,31,35)/t18?,21-/m1/s1. The van der Waals surface area contributed by atoms with Crippen LogP contribution in [0.4, 0.5) is 5.69 Å². The van der Waals surface area contributed by atoms with Crippen LogP contribution < -0.4 is 15.0 Å². The zero-order valence-electron chi connectivity index (χ0n) is 21.4. The summed E-state index contributed by atoms with van der Waals surface area (Å²) in [5, 5.41) is 2.94. The van der Waals surface area contributed by atoms with Gasteiger partial charge >= 0.3 is 0 Å². The molecule has 3 saturated heterocycles. The van der Waals surface area contributed by atoms with Crippen molar-refractivity contribution in [2.24, 2.45) is 17.8 Å². The highest BCUT2D eigenvalue weighted by atomic mass is 16.5. The van der Waals surface area contributed by atoms with Crippen LogP contribution in [0.5, 0.6) is 5.75 Å². The van der Waals surface area contributed by atoms with Crippen molar-refractivity contribution in [1.82, 2.24) is 19.9 Å². The second-order valence-corrected chi connectivity index (χ2v) is 11.3. The van der Waals surface area contributed by atoms with E-state index >= 15 is 0 Å². The number of anilines is 1. The maximum atomic E-state index is 11.8. The summed E-state index contributed by atoms with van der Waals surface area (Å²) >= 11 is 0. The predicted octanol–water partition coefficient (Wildman–Crippen LogP) is 4.20. The molecule has 3 aliphatic heterocycles. The number of amides is 1. The lowest BCUT2D eigenvalue weighted by atomic mass is 9.83. The smallest absolute Gasteiger partial charge is 0.220 e. The molecule has 7 rings (SSSR count). The molecule has 5 heterocycles. The van der Waals surface area contributed by atoms with Crippen LogP contribution in [0.15, 0.2) is 36.8 Å². The molecule has 8 nitrogen and oxygen atoms in total. The Kier molecular flexibility index (Phi) is 5.80. The van der Waals surface area contributed by atoms with Crippen LogP contribution >= 0.6 is 0 Å². The summed E-state index contributed by atoms with van der Waals surface area (Å²) in [4.78, 5) is 23.8. The van der Waals surface area contributed by atoms with Gasteiger partial charge in [0.2, 0.25) is 5.91 Å². The highest BCUT2D eigenvalue weighted by Gasteiger charge is 2.32. The van der Waals surface area contributed by atoms with Crippen molar-refractivity contribution >= 4 is 22.6 Å². The minimum absolute atomic E-state index is 0.0790. The Labute approximate surface area is 217 Å². The number of hydrogen-bond acceptors (Lipinski definition) is 6. The number of carbonyl (C=O) groups is 1. The first-order valence-corrected chi connectivity index (χ1v) is 13.9. The van der Waals surface area contributed by atoms with Crippen LogP contribution in [-0.2, 0) is 9.53 Å². The number of piperidine rings is 1. The molecule has 1 aromatic carbocycles. The van der Waals surface area contributed by atoms with Gasteiger partial charge in [-0.3, -0.25) is 9.78 Å². The first kappa shape index (κ1) is 23.0. The minimum Gasteiger partial charge on any atom is -0.488 e. The van der Waals surface area contributed by atoms with Crippen molar-refractivity contribution in [2.75, 3.05) is 37.7 Å². The second kappa shape index (κ2) is 9.31. The molecule has 1 saturated carbocycles. The van der Waals surface area contributed by atoms with Crippen LogP contribution in [0.2, 0.25) is 0 Å². The summed E-state index contributed by atoms with van der Waals surface area (Å²) in [6.45, 7) is 6.80. The third-order valence-corrected chi connectivity index (χ3v) is 8.84. The Morgan fingerprint density at radius 2 is 1.92 bits per heavy atom. The molecule has 1 N–H and O–H groups in total. The summed E-state index contributed by atoms with van der Waals surface area (Å²) in [5.74, 6) is 2.68. The molecule has 4 aliphatic rings. The molecular weight excluding hydrogens is 466 g/mol. The van der Waals surface area contributed by atoms with Gasteiger partial charge in [-0.1, -0.05) is 0 Å². The second-order valence-electron chi connectivity index (χ2n) is 11.3. The molecule has 3 aromatic rings. The van der Waals surface area contributed by atoms with Gasteiger partial charge in [-0.2, -0.15) is 0 Å². The van der Waals surface area contributed by atoms with Crippen molar-refractivity contribution in [1.29, 1.82) is 0 Å². The van der Waals surface area contributed by atoms with E-state index in [1.54, 1.807) is 0 Å². The van der Waals surface area contributed by atoms with Gasteiger partial charge in [-0.15, -0.1) is 0 Å². The van der Waals surface area contributed by atoms with Gasteiger partial charge in [0.15, 0.2) is 0 Å². The molecule has 4 fully saturated rings. The van der Waals surface area contributed by atoms with Crippen molar-refractivity contribution < 1.29 is 14.3 Å². The van der Waals surface area contributed by atoms with E-state index in [1.165, 1.54) is 31.4 Å². The van der Waals surface area contributed by atoms with Crippen LogP contribution in [0, 0.1) is 17.8 Å². The molecule has 2 atom stereocenters. The third kappa shape index (κ3) is 4.45. The molecule has 37 heavy (non-hydrogen) atoms. The van der Waals surface area contributed by atoms with Gasteiger partial charge in [0.1, 0.15) is 17.4 Å². The Bertz CT molecular complexity index is 1290. The number of pyridine rings is 1. The Morgan fingerprint density at radius 3 is 2.57 bits per heavy atom. The van der Waals surface area contributed by atoms with E-state index in [9.17, 15) is 4.79 Å². The number of fused-ring (bicyclic) bond motifs is 1. The summed E-state index contributed by atoms with van der Waals surface area (Å²) in [5.41, 5.74) is 5.09. The molecule has 1 aliphatic carbocycles. The largest absolute Gasteiger partial charge is 0.488 e. The lowest BCUT2D eigenvalue weighted by molar-refractivity contribution is -0.119. The number of nitrogens with one attached hydrogen (secondary N) is 1. The first-order valence-electron chi connectivity index (χ1n) is 13.9. The van der Waals surface area contributed by atoms with E-state index in [1.807, 2.05) is 12.5 Å². The molecule has 0 spiro atoms. The van der Waals surface area contributed by atoms with E-state index in [4.69, 9.17) is 19.4 Å². The average molecular weight is 502 g/mol. The monoisotopic (exact) mass is 501 g/mol. The minimum atomic E-state index is -0.0790. The van der Waals surface area contributed by atoms with Gasteiger partial charge < -0.3 is 24.3 Å². The number of rotatable bonds is 7. The maximum Gasteiger partial charge on any atom is 0.220 e. The molecule has 8 heteroatoms. The third-order valence-electron chi connectivity index (χ3n) is 8.84. The predicted molar refractivity (Wildman–Crippen MR) is 142 cm³/mol. The van der Waals surface area contributed by atoms with E-state index in [0.29, 0.717) is 19.0 Å².